The van der Waals surface area contributed by atoms with Crippen LogP contribution in [0.1, 0.15) is 6.92 Å². The number of amides is 1. The van der Waals surface area contributed by atoms with Gasteiger partial charge in [0.2, 0.25) is 0 Å². The number of hydrogen-bond acceptors (Lipinski definition) is 7. The first-order chi connectivity index (χ1) is 14.0. The largest absolute Gasteiger partial charge is 0.497 e. The summed E-state index contributed by atoms with van der Waals surface area (Å²) in [6.07, 6.45) is -0.827. The van der Waals surface area contributed by atoms with Crippen molar-refractivity contribution >= 4 is 28.3 Å². The van der Waals surface area contributed by atoms with Gasteiger partial charge in [0.25, 0.3) is 5.91 Å². The van der Waals surface area contributed by atoms with Crippen molar-refractivity contribution in [3.63, 3.8) is 0 Å². The molecule has 1 N–H and O–H groups in total. The lowest BCUT2D eigenvalue weighted by Gasteiger charge is -2.13. The van der Waals surface area contributed by atoms with Gasteiger partial charge in [-0.3, -0.25) is 10.1 Å². The second-order valence-electron chi connectivity index (χ2n) is 6.00. The van der Waals surface area contributed by atoms with Gasteiger partial charge in [0, 0.05) is 10.9 Å². The first-order valence-electron chi connectivity index (χ1n) is 8.83. The smallest absolute Gasteiger partial charge is 0.347 e. The fraction of sp³-hybridized carbons (Fsp3) is 0.190. The summed E-state index contributed by atoms with van der Waals surface area (Å²) >= 11 is 1.29. The van der Waals surface area contributed by atoms with Crippen LogP contribution in [0.25, 0.3) is 11.3 Å². The Labute approximate surface area is 172 Å². The van der Waals surface area contributed by atoms with Crippen LogP contribution in [-0.2, 0) is 14.3 Å². The number of methoxy groups -OCH3 is 1. The van der Waals surface area contributed by atoms with Gasteiger partial charge in [-0.15, -0.1) is 11.3 Å². The molecule has 150 valence electrons. The highest BCUT2D eigenvalue weighted by Crippen LogP contribution is 2.26. The minimum Gasteiger partial charge on any atom is -0.497 e. The summed E-state index contributed by atoms with van der Waals surface area (Å²) in [6, 6.07) is 16.4. The summed E-state index contributed by atoms with van der Waals surface area (Å²) in [7, 11) is 1.60. The molecule has 0 bridgehead atoms. The highest BCUT2D eigenvalue weighted by molar-refractivity contribution is 7.14. The Bertz CT molecular complexity index is 957. The number of aromatic nitrogens is 1. The molecule has 29 heavy (non-hydrogen) atoms. The van der Waals surface area contributed by atoms with Crippen molar-refractivity contribution in [1.82, 2.24) is 4.98 Å². The van der Waals surface area contributed by atoms with Gasteiger partial charge in [0.15, 0.2) is 17.8 Å². The van der Waals surface area contributed by atoms with Crippen molar-refractivity contribution in [2.75, 3.05) is 19.0 Å². The molecule has 0 unspecified atom stereocenters. The molecule has 0 aliphatic carbocycles. The van der Waals surface area contributed by atoms with E-state index in [2.05, 4.69) is 10.3 Å². The Balaban J connectivity index is 1.48. The van der Waals surface area contributed by atoms with Crippen LogP contribution in [0.3, 0.4) is 0 Å². The van der Waals surface area contributed by atoms with Crippen LogP contribution in [0.5, 0.6) is 11.5 Å². The van der Waals surface area contributed by atoms with Crippen molar-refractivity contribution < 1.29 is 23.8 Å². The van der Waals surface area contributed by atoms with Crippen LogP contribution in [0.15, 0.2) is 60.0 Å². The van der Waals surface area contributed by atoms with Crippen LogP contribution >= 0.6 is 11.3 Å². The van der Waals surface area contributed by atoms with Gasteiger partial charge in [0.05, 0.1) is 12.8 Å². The molecule has 0 spiro atoms. The Morgan fingerprint density at radius 3 is 2.48 bits per heavy atom. The molecule has 1 amide bonds. The maximum atomic E-state index is 12.0. The average Bonchev–Trinajstić information content (AvgIpc) is 3.21. The summed E-state index contributed by atoms with van der Waals surface area (Å²) in [6.45, 7) is 1.15. The number of nitrogens with zero attached hydrogens (tertiary/aromatic N) is 1. The Morgan fingerprint density at radius 1 is 1.07 bits per heavy atom. The standard InChI is InChI=1S/C21H20N2O5S/c1-14(28-17-6-4-3-5-7-17)20(25)27-12-19(24)23-21-22-18(13-29-21)15-8-10-16(26-2)11-9-15/h3-11,13-14H,12H2,1-2H3,(H,22,23,24)/t14-/m0/s1. The SMILES string of the molecule is COc1ccc(-c2csc(NC(=O)COC(=O)[C@H](C)Oc3ccccc3)n2)cc1. The van der Waals surface area contributed by atoms with E-state index >= 15 is 0 Å². The molecule has 1 atom stereocenters. The molecule has 1 aromatic heterocycles. The lowest BCUT2D eigenvalue weighted by Crippen LogP contribution is -2.29. The predicted molar refractivity (Wildman–Crippen MR) is 110 cm³/mol. The van der Waals surface area contributed by atoms with Crippen LogP contribution in [0.2, 0.25) is 0 Å². The molecule has 8 heteroatoms. The van der Waals surface area contributed by atoms with Gasteiger partial charge in [-0.25, -0.2) is 9.78 Å². The Hall–Kier alpha value is -3.39. The number of hydrogen-bond donors (Lipinski definition) is 1. The van der Waals surface area contributed by atoms with Crippen LogP contribution in [0.4, 0.5) is 5.13 Å². The summed E-state index contributed by atoms with van der Waals surface area (Å²) in [5, 5.41) is 4.88. The lowest BCUT2D eigenvalue weighted by atomic mass is 10.2. The second kappa shape index (κ2) is 9.70. The van der Waals surface area contributed by atoms with E-state index < -0.39 is 24.6 Å². The van der Waals surface area contributed by atoms with Crippen LogP contribution in [0, 0.1) is 0 Å². The predicted octanol–water partition coefficient (Wildman–Crippen LogP) is 3.77. The van der Waals surface area contributed by atoms with Crippen LogP contribution in [-0.4, -0.2) is 36.7 Å². The first kappa shape index (κ1) is 20.3. The molecular formula is C21H20N2O5S. The van der Waals surface area contributed by atoms with Gasteiger partial charge in [-0.2, -0.15) is 0 Å². The third-order valence-electron chi connectivity index (χ3n) is 3.87. The number of thiazole rings is 1. The van der Waals surface area contributed by atoms with E-state index in [0.29, 0.717) is 10.9 Å². The molecule has 3 aromatic rings. The number of benzene rings is 2. The average molecular weight is 412 g/mol. The quantitative estimate of drug-likeness (QED) is 0.567. The van der Waals surface area contributed by atoms with Crippen molar-refractivity contribution in [3.8, 4) is 22.8 Å². The highest BCUT2D eigenvalue weighted by Gasteiger charge is 2.18. The second-order valence-corrected chi connectivity index (χ2v) is 6.85. The topological polar surface area (TPSA) is 86.8 Å². The summed E-state index contributed by atoms with van der Waals surface area (Å²) in [4.78, 5) is 28.4. The number of para-hydroxylation sites is 1. The fourth-order valence-electron chi connectivity index (χ4n) is 2.39. The summed E-state index contributed by atoms with van der Waals surface area (Å²) < 4.78 is 15.6. The number of anilines is 1. The maximum Gasteiger partial charge on any atom is 0.347 e. The van der Waals surface area contributed by atoms with E-state index in [0.717, 1.165) is 17.0 Å². The number of rotatable bonds is 8. The molecule has 3 rings (SSSR count). The van der Waals surface area contributed by atoms with E-state index in [1.54, 1.807) is 38.3 Å². The van der Waals surface area contributed by atoms with Gasteiger partial charge in [0.1, 0.15) is 11.5 Å². The molecular weight excluding hydrogens is 392 g/mol. The molecule has 1 heterocycles. The van der Waals surface area contributed by atoms with Crippen molar-refractivity contribution in [3.05, 3.63) is 60.0 Å². The number of esters is 1. The molecule has 0 aliphatic heterocycles. The monoisotopic (exact) mass is 412 g/mol. The zero-order valence-corrected chi connectivity index (χ0v) is 16.8. The maximum absolute atomic E-state index is 12.0. The molecule has 7 nitrogen and oxygen atoms in total. The number of carbonyl (C=O) groups is 2. The van der Waals surface area contributed by atoms with Crippen molar-refractivity contribution in [2.24, 2.45) is 0 Å². The Kier molecular flexibility index (Phi) is 6.80. The fourth-order valence-corrected chi connectivity index (χ4v) is 3.12. The molecule has 0 aliphatic rings. The summed E-state index contributed by atoms with van der Waals surface area (Å²) in [5.74, 6) is 0.211. The molecule has 2 aromatic carbocycles. The minimum absolute atomic E-state index is 0.418. The Morgan fingerprint density at radius 2 is 1.79 bits per heavy atom. The number of ether oxygens (including phenoxy) is 3. The molecule has 0 radical (unpaired) electrons. The van der Waals surface area contributed by atoms with E-state index in [1.807, 2.05) is 35.7 Å². The normalized spacial score (nSPS) is 11.4. The number of nitrogens with one attached hydrogen (secondary N) is 1. The zero-order valence-electron chi connectivity index (χ0n) is 16.0. The van der Waals surface area contributed by atoms with E-state index in [4.69, 9.17) is 14.2 Å². The lowest BCUT2D eigenvalue weighted by molar-refractivity contribution is -0.153. The van der Waals surface area contributed by atoms with Crippen molar-refractivity contribution in [1.29, 1.82) is 0 Å². The third kappa shape index (κ3) is 5.79. The van der Waals surface area contributed by atoms with Gasteiger partial charge in [-0.1, -0.05) is 18.2 Å². The van der Waals surface area contributed by atoms with Crippen molar-refractivity contribution in [2.45, 2.75) is 13.0 Å². The van der Waals surface area contributed by atoms with Gasteiger partial charge >= 0.3 is 5.97 Å². The third-order valence-corrected chi connectivity index (χ3v) is 4.63. The number of carbonyl (C=O) groups excluding carboxylic acids is 2. The van der Waals surface area contributed by atoms with Gasteiger partial charge in [-0.05, 0) is 43.3 Å². The van der Waals surface area contributed by atoms with E-state index in [-0.39, 0.29) is 0 Å². The van der Waals surface area contributed by atoms with Crippen LogP contribution < -0.4 is 14.8 Å². The first-order valence-corrected chi connectivity index (χ1v) is 9.71. The zero-order chi connectivity index (χ0) is 20.6. The van der Waals surface area contributed by atoms with Gasteiger partial charge < -0.3 is 14.2 Å². The summed E-state index contributed by atoms with van der Waals surface area (Å²) in [5.41, 5.74) is 1.63. The molecule has 0 saturated heterocycles. The molecule has 0 saturated carbocycles. The highest BCUT2D eigenvalue weighted by atomic mass is 32.1. The minimum atomic E-state index is -0.827. The molecule has 0 fully saturated rings. The van der Waals surface area contributed by atoms with E-state index in [1.165, 1.54) is 11.3 Å². The van der Waals surface area contributed by atoms with E-state index in [9.17, 15) is 9.59 Å².